The van der Waals surface area contributed by atoms with Crippen molar-refractivity contribution in [3.05, 3.63) is 53.1 Å². The normalized spacial score (nSPS) is 11.3. The predicted molar refractivity (Wildman–Crippen MR) is 92.3 cm³/mol. The van der Waals surface area contributed by atoms with Gasteiger partial charge in [0.1, 0.15) is 0 Å². The van der Waals surface area contributed by atoms with Gasteiger partial charge >= 0.3 is 0 Å². The molecule has 24 heavy (non-hydrogen) atoms. The number of hydrogen-bond donors (Lipinski definition) is 1. The Kier molecular flexibility index (Phi) is 5.43. The summed E-state index contributed by atoms with van der Waals surface area (Å²) in [6, 6.07) is 12.7. The van der Waals surface area contributed by atoms with Crippen LogP contribution >= 0.6 is 0 Å². The SMILES string of the molecule is COc1cc(C#N)ccc1O[C@H](C)C(=O)Nc1ccc(C)cc1C. The molecule has 0 saturated heterocycles. The second-order valence-electron chi connectivity index (χ2n) is 5.55. The number of nitriles is 1. The minimum atomic E-state index is -0.715. The van der Waals surface area contributed by atoms with Gasteiger partial charge in [0.2, 0.25) is 0 Å². The fourth-order valence-electron chi connectivity index (χ4n) is 2.27. The van der Waals surface area contributed by atoms with Crippen LogP contribution < -0.4 is 14.8 Å². The number of carbonyl (C=O) groups excluding carboxylic acids is 1. The van der Waals surface area contributed by atoms with Crippen molar-refractivity contribution in [2.75, 3.05) is 12.4 Å². The van der Waals surface area contributed by atoms with E-state index in [1.54, 1.807) is 25.1 Å². The zero-order valence-corrected chi connectivity index (χ0v) is 14.2. The second-order valence-corrected chi connectivity index (χ2v) is 5.55. The molecule has 0 fully saturated rings. The Morgan fingerprint density at radius 1 is 1.17 bits per heavy atom. The first-order valence-electron chi connectivity index (χ1n) is 7.57. The molecule has 2 aromatic rings. The van der Waals surface area contributed by atoms with Gasteiger partial charge in [0.25, 0.3) is 5.91 Å². The van der Waals surface area contributed by atoms with Crippen molar-refractivity contribution in [3.63, 3.8) is 0 Å². The Morgan fingerprint density at radius 2 is 1.92 bits per heavy atom. The van der Waals surface area contributed by atoms with Gasteiger partial charge in [-0.05, 0) is 44.5 Å². The molecule has 0 saturated carbocycles. The summed E-state index contributed by atoms with van der Waals surface area (Å²) in [4.78, 5) is 12.3. The summed E-state index contributed by atoms with van der Waals surface area (Å²) in [5, 5.41) is 11.8. The largest absolute Gasteiger partial charge is 0.493 e. The lowest BCUT2D eigenvalue weighted by Gasteiger charge is -2.17. The minimum Gasteiger partial charge on any atom is -0.493 e. The van der Waals surface area contributed by atoms with Gasteiger partial charge in [0.05, 0.1) is 18.7 Å². The summed E-state index contributed by atoms with van der Waals surface area (Å²) in [6.07, 6.45) is -0.715. The molecule has 0 aliphatic heterocycles. The molecule has 0 bridgehead atoms. The van der Waals surface area contributed by atoms with Crippen molar-refractivity contribution < 1.29 is 14.3 Å². The Labute approximate surface area is 141 Å². The van der Waals surface area contributed by atoms with E-state index in [4.69, 9.17) is 14.7 Å². The molecule has 0 spiro atoms. The van der Waals surface area contributed by atoms with E-state index >= 15 is 0 Å². The van der Waals surface area contributed by atoms with Crippen LogP contribution in [0.15, 0.2) is 36.4 Å². The van der Waals surface area contributed by atoms with Crippen LogP contribution in [0.5, 0.6) is 11.5 Å². The fraction of sp³-hybridized carbons (Fsp3) is 0.263. The quantitative estimate of drug-likeness (QED) is 0.912. The van der Waals surface area contributed by atoms with Crippen LogP contribution in [0.3, 0.4) is 0 Å². The first-order valence-corrected chi connectivity index (χ1v) is 7.57. The van der Waals surface area contributed by atoms with Crippen LogP contribution in [0.2, 0.25) is 0 Å². The summed E-state index contributed by atoms with van der Waals surface area (Å²) in [7, 11) is 1.49. The van der Waals surface area contributed by atoms with Gasteiger partial charge in [0.15, 0.2) is 17.6 Å². The molecule has 0 heterocycles. The second kappa shape index (κ2) is 7.51. The molecule has 124 valence electrons. The van der Waals surface area contributed by atoms with Gasteiger partial charge in [0, 0.05) is 11.8 Å². The van der Waals surface area contributed by atoms with Crippen molar-refractivity contribution >= 4 is 11.6 Å². The average molecular weight is 324 g/mol. The average Bonchev–Trinajstić information content (AvgIpc) is 2.57. The number of amides is 1. The van der Waals surface area contributed by atoms with Gasteiger partial charge in [-0.1, -0.05) is 17.7 Å². The lowest BCUT2D eigenvalue weighted by atomic mass is 10.1. The van der Waals surface area contributed by atoms with Crippen LogP contribution in [0, 0.1) is 25.2 Å². The Bertz CT molecular complexity index is 794. The fourth-order valence-corrected chi connectivity index (χ4v) is 2.27. The number of nitrogens with zero attached hydrogens (tertiary/aromatic N) is 1. The summed E-state index contributed by atoms with van der Waals surface area (Å²) in [5.41, 5.74) is 3.35. The van der Waals surface area contributed by atoms with E-state index in [1.165, 1.54) is 7.11 Å². The van der Waals surface area contributed by atoms with Crippen molar-refractivity contribution in [1.82, 2.24) is 0 Å². The van der Waals surface area contributed by atoms with Crippen LogP contribution in [0.4, 0.5) is 5.69 Å². The Hall–Kier alpha value is -3.00. The summed E-state index contributed by atoms with van der Waals surface area (Å²) >= 11 is 0. The van der Waals surface area contributed by atoms with Gasteiger partial charge in [-0.3, -0.25) is 4.79 Å². The number of methoxy groups -OCH3 is 1. The maximum atomic E-state index is 12.3. The van der Waals surface area contributed by atoms with Crippen molar-refractivity contribution in [2.45, 2.75) is 26.9 Å². The third kappa shape index (κ3) is 4.05. The summed E-state index contributed by atoms with van der Waals surface area (Å²) in [6.45, 7) is 5.61. The standard InChI is InChI=1S/C19H20N2O3/c1-12-5-7-16(13(2)9-12)21-19(22)14(3)24-17-8-6-15(11-20)10-18(17)23-4/h5-10,14H,1-4H3,(H,21,22)/t14-/m1/s1. The molecule has 1 amide bonds. The molecule has 0 aliphatic rings. The molecule has 2 rings (SSSR count). The molecule has 0 aliphatic carbocycles. The van der Waals surface area contributed by atoms with Crippen molar-refractivity contribution in [1.29, 1.82) is 5.26 Å². The highest BCUT2D eigenvalue weighted by atomic mass is 16.5. The molecule has 1 atom stereocenters. The molecule has 0 unspecified atom stereocenters. The maximum Gasteiger partial charge on any atom is 0.265 e. The van der Waals surface area contributed by atoms with E-state index in [1.807, 2.05) is 38.1 Å². The monoisotopic (exact) mass is 324 g/mol. The number of benzene rings is 2. The summed E-state index contributed by atoms with van der Waals surface area (Å²) in [5.74, 6) is 0.577. The zero-order chi connectivity index (χ0) is 17.7. The highest BCUT2D eigenvalue weighted by Gasteiger charge is 2.18. The molecule has 5 nitrogen and oxygen atoms in total. The molecule has 0 radical (unpaired) electrons. The number of nitrogens with one attached hydrogen (secondary N) is 1. The van der Waals surface area contributed by atoms with Crippen LogP contribution in [0.1, 0.15) is 23.6 Å². The van der Waals surface area contributed by atoms with E-state index in [0.717, 1.165) is 16.8 Å². The van der Waals surface area contributed by atoms with E-state index in [9.17, 15) is 4.79 Å². The third-order valence-electron chi connectivity index (χ3n) is 3.61. The van der Waals surface area contributed by atoms with E-state index < -0.39 is 6.10 Å². The van der Waals surface area contributed by atoms with E-state index in [-0.39, 0.29) is 5.91 Å². The topological polar surface area (TPSA) is 71.3 Å². The number of ether oxygens (including phenoxy) is 2. The predicted octanol–water partition coefficient (Wildman–Crippen LogP) is 3.59. The number of anilines is 1. The lowest BCUT2D eigenvalue weighted by Crippen LogP contribution is -2.30. The molecule has 5 heteroatoms. The first kappa shape index (κ1) is 17.4. The van der Waals surface area contributed by atoms with Crippen LogP contribution in [-0.4, -0.2) is 19.1 Å². The van der Waals surface area contributed by atoms with Crippen LogP contribution in [-0.2, 0) is 4.79 Å². The van der Waals surface area contributed by atoms with Gasteiger partial charge in [-0.2, -0.15) is 5.26 Å². The third-order valence-corrected chi connectivity index (χ3v) is 3.61. The van der Waals surface area contributed by atoms with Gasteiger partial charge in [-0.25, -0.2) is 0 Å². The highest BCUT2D eigenvalue weighted by Crippen LogP contribution is 2.29. The maximum absolute atomic E-state index is 12.3. The van der Waals surface area contributed by atoms with Crippen molar-refractivity contribution in [3.8, 4) is 17.6 Å². The minimum absolute atomic E-state index is 0.256. The number of carbonyl (C=O) groups is 1. The molecule has 1 N–H and O–H groups in total. The van der Waals surface area contributed by atoms with Gasteiger partial charge in [-0.15, -0.1) is 0 Å². The van der Waals surface area contributed by atoms with E-state index in [0.29, 0.717) is 17.1 Å². The lowest BCUT2D eigenvalue weighted by molar-refractivity contribution is -0.122. The molecule has 0 aromatic heterocycles. The number of rotatable bonds is 5. The molecular weight excluding hydrogens is 304 g/mol. The zero-order valence-electron chi connectivity index (χ0n) is 14.2. The highest BCUT2D eigenvalue weighted by molar-refractivity contribution is 5.94. The molecule has 2 aromatic carbocycles. The first-order chi connectivity index (χ1) is 11.4. The number of aryl methyl sites for hydroxylation is 2. The van der Waals surface area contributed by atoms with E-state index in [2.05, 4.69) is 5.32 Å². The van der Waals surface area contributed by atoms with Crippen LogP contribution in [0.25, 0.3) is 0 Å². The molecular formula is C19H20N2O3. The van der Waals surface area contributed by atoms with Gasteiger partial charge < -0.3 is 14.8 Å². The Balaban J connectivity index is 2.10. The summed E-state index contributed by atoms with van der Waals surface area (Å²) < 4.78 is 10.9. The smallest absolute Gasteiger partial charge is 0.265 e. The Morgan fingerprint density at radius 3 is 2.54 bits per heavy atom. The van der Waals surface area contributed by atoms with Crippen molar-refractivity contribution in [2.24, 2.45) is 0 Å². The number of hydrogen-bond acceptors (Lipinski definition) is 4.